The first kappa shape index (κ1) is 16.1. The molecule has 5 heteroatoms. The fourth-order valence-electron chi connectivity index (χ4n) is 1.91. The Bertz CT molecular complexity index is 454. The van der Waals surface area contributed by atoms with Crippen LogP contribution in [0.4, 0.5) is 5.82 Å². The number of nitrogens with two attached hydrogens (primary N) is 1. The van der Waals surface area contributed by atoms with Gasteiger partial charge in [-0.05, 0) is 46.3 Å². The molecule has 0 radical (unpaired) electrons. The Morgan fingerprint density at radius 1 is 1.53 bits per heavy atom. The molecule has 0 aliphatic rings. The van der Waals surface area contributed by atoms with E-state index in [1.165, 1.54) is 0 Å². The quantitative estimate of drug-likeness (QED) is 0.892. The average Bonchev–Trinajstić information content (AvgIpc) is 2.28. The second-order valence-electron chi connectivity index (χ2n) is 6.01. The van der Waals surface area contributed by atoms with Gasteiger partial charge < -0.3 is 11.1 Å². The van der Waals surface area contributed by atoms with E-state index in [9.17, 15) is 4.79 Å². The van der Waals surface area contributed by atoms with Crippen molar-refractivity contribution in [1.29, 1.82) is 0 Å². The van der Waals surface area contributed by atoms with Gasteiger partial charge >= 0.3 is 0 Å². The lowest BCUT2D eigenvalue weighted by Gasteiger charge is -2.24. The number of hydrogen-bond acceptors (Lipinski definition) is 3. The summed E-state index contributed by atoms with van der Waals surface area (Å²) in [4.78, 5) is 16.4. The van der Waals surface area contributed by atoms with E-state index in [2.05, 4.69) is 47.0 Å². The van der Waals surface area contributed by atoms with Crippen LogP contribution < -0.4 is 11.1 Å². The van der Waals surface area contributed by atoms with Gasteiger partial charge in [0.05, 0.1) is 5.92 Å². The molecule has 1 heterocycles. The van der Waals surface area contributed by atoms with E-state index in [0.717, 1.165) is 16.5 Å². The van der Waals surface area contributed by atoms with Gasteiger partial charge in [-0.25, -0.2) is 4.98 Å². The Morgan fingerprint density at radius 2 is 2.16 bits per heavy atom. The molecular formula is C14H22BrN3O. The smallest absolute Gasteiger partial charge is 0.229 e. The molecular weight excluding hydrogens is 306 g/mol. The van der Waals surface area contributed by atoms with Gasteiger partial charge in [-0.2, -0.15) is 0 Å². The van der Waals surface area contributed by atoms with Crippen molar-refractivity contribution in [2.45, 2.75) is 34.1 Å². The highest BCUT2D eigenvalue weighted by molar-refractivity contribution is 9.10. The normalized spacial score (nSPS) is 13.2. The molecule has 0 saturated carbocycles. The van der Waals surface area contributed by atoms with Gasteiger partial charge in [0.1, 0.15) is 5.82 Å². The number of aryl methyl sites for hydroxylation is 1. The van der Waals surface area contributed by atoms with Crippen LogP contribution in [-0.4, -0.2) is 17.4 Å². The Balaban J connectivity index is 2.77. The predicted octanol–water partition coefficient (Wildman–Crippen LogP) is 3.10. The Morgan fingerprint density at radius 3 is 2.63 bits per heavy atom. The van der Waals surface area contributed by atoms with Crippen molar-refractivity contribution in [1.82, 2.24) is 4.98 Å². The van der Waals surface area contributed by atoms with Crippen molar-refractivity contribution in [2.75, 3.05) is 11.9 Å². The van der Waals surface area contributed by atoms with E-state index in [1.807, 2.05) is 13.0 Å². The minimum Gasteiger partial charge on any atom is -0.330 e. The van der Waals surface area contributed by atoms with Gasteiger partial charge in [0.15, 0.2) is 0 Å². The number of hydrogen-bond donors (Lipinski definition) is 2. The van der Waals surface area contributed by atoms with Crippen LogP contribution in [0.2, 0.25) is 0 Å². The van der Waals surface area contributed by atoms with Crippen LogP contribution in [0.25, 0.3) is 0 Å². The number of halogens is 1. The van der Waals surface area contributed by atoms with E-state index in [1.54, 1.807) is 6.20 Å². The van der Waals surface area contributed by atoms with Crippen LogP contribution in [-0.2, 0) is 4.79 Å². The van der Waals surface area contributed by atoms with Gasteiger partial charge in [-0.1, -0.05) is 20.8 Å². The molecule has 1 atom stereocenters. The molecule has 1 aromatic rings. The summed E-state index contributed by atoms with van der Waals surface area (Å²) in [6, 6.07) is 1.92. The van der Waals surface area contributed by atoms with Crippen molar-refractivity contribution in [3.05, 3.63) is 22.3 Å². The molecule has 0 aliphatic heterocycles. The van der Waals surface area contributed by atoms with Gasteiger partial charge in [-0.15, -0.1) is 0 Å². The first-order valence-electron chi connectivity index (χ1n) is 6.36. The Kier molecular flexibility index (Phi) is 5.50. The number of rotatable bonds is 4. The summed E-state index contributed by atoms with van der Waals surface area (Å²) < 4.78 is 0.896. The maximum atomic E-state index is 12.2. The molecule has 19 heavy (non-hydrogen) atoms. The number of carbonyl (C=O) groups excluding carboxylic acids is 1. The first-order valence-corrected chi connectivity index (χ1v) is 7.15. The maximum absolute atomic E-state index is 12.2. The minimum absolute atomic E-state index is 0.0599. The van der Waals surface area contributed by atoms with Crippen LogP contribution in [0.3, 0.4) is 0 Å². The summed E-state index contributed by atoms with van der Waals surface area (Å²) in [6.07, 6.45) is 2.43. The van der Waals surface area contributed by atoms with Crippen LogP contribution in [0, 0.1) is 18.3 Å². The first-order chi connectivity index (χ1) is 8.73. The molecule has 1 amide bonds. The molecule has 1 aromatic heterocycles. The van der Waals surface area contributed by atoms with Crippen LogP contribution >= 0.6 is 15.9 Å². The topological polar surface area (TPSA) is 68.0 Å². The van der Waals surface area contributed by atoms with E-state index in [0.29, 0.717) is 12.4 Å². The standard InChI is InChI=1S/C14H22BrN3O/c1-9-5-11(15)8-17-12(9)18-13(19)10(7-16)6-14(2,3)4/h5,8,10H,6-7,16H2,1-4H3,(H,17,18,19). The SMILES string of the molecule is Cc1cc(Br)cnc1NC(=O)C(CN)CC(C)(C)C. The number of amides is 1. The highest BCUT2D eigenvalue weighted by atomic mass is 79.9. The molecule has 0 saturated heterocycles. The molecule has 3 N–H and O–H groups in total. The Hall–Kier alpha value is -0.940. The highest BCUT2D eigenvalue weighted by Crippen LogP contribution is 2.25. The molecule has 106 valence electrons. The molecule has 1 unspecified atom stereocenters. The Labute approximate surface area is 123 Å². The van der Waals surface area contributed by atoms with E-state index < -0.39 is 0 Å². The number of anilines is 1. The number of nitrogens with zero attached hydrogens (tertiary/aromatic N) is 1. The van der Waals surface area contributed by atoms with Crippen LogP contribution in [0.5, 0.6) is 0 Å². The summed E-state index contributed by atoms with van der Waals surface area (Å²) in [7, 11) is 0. The van der Waals surface area contributed by atoms with Crippen molar-refractivity contribution < 1.29 is 4.79 Å². The maximum Gasteiger partial charge on any atom is 0.229 e. The summed E-state index contributed by atoms with van der Waals surface area (Å²) in [5, 5.41) is 2.86. The van der Waals surface area contributed by atoms with Crippen LogP contribution in [0.15, 0.2) is 16.7 Å². The monoisotopic (exact) mass is 327 g/mol. The van der Waals surface area contributed by atoms with E-state index in [-0.39, 0.29) is 17.2 Å². The van der Waals surface area contributed by atoms with Crippen LogP contribution in [0.1, 0.15) is 32.8 Å². The third-order valence-electron chi connectivity index (χ3n) is 2.80. The highest BCUT2D eigenvalue weighted by Gasteiger charge is 2.24. The minimum atomic E-state index is -0.190. The fraction of sp³-hybridized carbons (Fsp3) is 0.571. The third kappa shape index (κ3) is 5.28. The summed E-state index contributed by atoms with van der Waals surface area (Å²) in [5.74, 6) is 0.348. The zero-order chi connectivity index (χ0) is 14.6. The van der Waals surface area contributed by atoms with Gasteiger partial charge in [0.2, 0.25) is 5.91 Å². The lowest BCUT2D eigenvalue weighted by atomic mass is 9.84. The number of nitrogens with one attached hydrogen (secondary N) is 1. The van der Waals surface area contributed by atoms with Gasteiger partial charge in [-0.3, -0.25) is 4.79 Å². The number of carbonyl (C=O) groups is 1. The lowest BCUT2D eigenvalue weighted by molar-refractivity contribution is -0.120. The summed E-state index contributed by atoms with van der Waals surface area (Å²) >= 11 is 3.35. The van der Waals surface area contributed by atoms with Gasteiger partial charge in [0, 0.05) is 17.2 Å². The van der Waals surface area contributed by atoms with E-state index >= 15 is 0 Å². The zero-order valence-corrected chi connectivity index (χ0v) is 13.5. The molecule has 0 aromatic carbocycles. The molecule has 1 rings (SSSR count). The zero-order valence-electron chi connectivity index (χ0n) is 12.0. The predicted molar refractivity (Wildman–Crippen MR) is 81.9 cm³/mol. The number of aromatic nitrogens is 1. The van der Waals surface area contributed by atoms with Crippen molar-refractivity contribution in [3.8, 4) is 0 Å². The molecule has 0 fully saturated rings. The molecule has 0 aliphatic carbocycles. The average molecular weight is 328 g/mol. The van der Waals surface area contributed by atoms with Crippen molar-refractivity contribution in [3.63, 3.8) is 0 Å². The lowest BCUT2D eigenvalue weighted by Crippen LogP contribution is -2.32. The molecule has 0 bridgehead atoms. The second kappa shape index (κ2) is 6.48. The summed E-state index contributed by atoms with van der Waals surface area (Å²) in [5.41, 5.74) is 6.71. The molecule has 0 spiro atoms. The second-order valence-corrected chi connectivity index (χ2v) is 6.92. The third-order valence-corrected chi connectivity index (χ3v) is 3.23. The summed E-state index contributed by atoms with van der Waals surface area (Å²) in [6.45, 7) is 8.57. The fourth-order valence-corrected chi connectivity index (χ4v) is 2.36. The largest absolute Gasteiger partial charge is 0.330 e. The van der Waals surface area contributed by atoms with Crippen molar-refractivity contribution >= 4 is 27.7 Å². The van der Waals surface area contributed by atoms with Gasteiger partial charge in [0.25, 0.3) is 0 Å². The molecule has 4 nitrogen and oxygen atoms in total. The van der Waals surface area contributed by atoms with E-state index in [4.69, 9.17) is 5.73 Å². The number of pyridine rings is 1. The van der Waals surface area contributed by atoms with Crippen molar-refractivity contribution in [2.24, 2.45) is 17.1 Å².